The van der Waals surface area contributed by atoms with Crippen LogP contribution in [0.25, 0.3) is 0 Å². The Hall–Kier alpha value is -2.08. The first-order chi connectivity index (χ1) is 11.5. The lowest BCUT2D eigenvalue weighted by Gasteiger charge is -2.14. The Morgan fingerprint density at radius 2 is 1.88 bits per heavy atom. The normalized spacial score (nSPS) is 14.7. The van der Waals surface area contributed by atoms with E-state index >= 15 is 0 Å². The molecule has 0 spiro atoms. The summed E-state index contributed by atoms with van der Waals surface area (Å²) in [6, 6.07) is 5.71. The molecule has 0 radical (unpaired) electrons. The van der Waals surface area contributed by atoms with Gasteiger partial charge in [-0.25, -0.2) is 4.79 Å². The van der Waals surface area contributed by atoms with Crippen LogP contribution in [0.5, 0.6) is 0 Å². The molecular weight excluding hydrogens is 332 g/mol. The van der Waals surface area contributed by atoms with Gasteiger partial charge in [-0.05, 0) is 43.0 Å². The lowest BCUT2D eigenvalue weighted by molar-refractivity contribution is -0.142. The van der Waals surface area contributed by atoms with Gasteiger partial charge in [0.2, 0.25) is 5.91 Å². The molecule has 7 heteroatoms. The number of carbonyl (C=O) groups excluding carboxylic acids is 2. The second-order valence-corrected chi connectivity index (χ2v) is 6.44. The van der Waals surface area contributed by atoms with Crippen molar-refractivity contribution in [1.82, 2.24) is 10.6 Å². The maximum absolute atomic E-state index is 11.9. The van der Waals surface area contributed by atoms with E-state index in [4.69, 9.17) is 16.7 Å². The van der Waals surface area contributed by atoms with Crippen LogP contribution in [0.15, 0.2) is 24.3 Å². The zero-order valence-corrected chi connectivity index (χ0v) is 14.0. The van der Waals surface area contributed by atoms with Crippen LogP contribution in [-0.2, 0) is 9.59 Å². The number of aliphatic carboxylic acids is 1. The van der Waals surface area contributed by atoms with Gasteiger partial charge in [0.05, 0.1) is 0 Å². The number of nitrogens with one attached hydrogen (secondary N) is 2. The number of rotatable bonds is 9. The highest BCUT2D eigenvalue weighted by Gasteiger charge is 2.29. The van der Waals surface area contributed by atoms with E-state index in [-0.39, 0.29) is 18.2 Å². The van der Waals surface area contributed by atoms with Gasteiger partial charge in [-0.3, -0.25) is 9.59 Å². The first kappa shape index (κ1) is 18.3. The van der Waals surface area contributed by atoms with Crippen LogP contribution >= 0.6 is 11.6 Å². The highest BCUT2D eigenvalue weighted by atomic mass is 35.5. The molecule has 1 aromatic carbocycles. The molecule has 0 bridgehead atoms. The van der Waals surface area contributed by atoms with Crippen molar-refractivity contribution in [2.75, 3.05) is 6.54 Å². The van der Waals surface area contributed by atoms with Crippen LogP contribution in [0.4, 0.5) is 0 Å². The number of carboxylic acids is 1. The molecule has 24 heavy (non-hydrogen) atoms. The minimum atomic E-state index is -0.994. The quantitative estimate of drug-likeness (QED) is 0.594. The second-order valence-electron chi connectivity index (χ2n) is 6.00. The minimum Gasteiger partial charge on any atom is -0.480 e. The summed E-state index contributed by atoms with van der Waals surface area (Å²) in [6.07, 6.45) is 3.19. The maximum Gasteiger partial charge on any atom is 0.326 e. The molecule has 1 atom stereocenters. The molecule has 1 saturated carbocycles. The van der Waals surface area contributed by atoms with Crippen LogP contribution in [0.3, 0.4) is 0 Å². The summed E-state index contributed by atoms with van der Waals surface area (Å²) < 4.78 is 0. The van der Waals surface area contributed by atoms with Gasteiger partial charge in [-0.15, -0.1) is 0 Å². The van der Waals surface area contributed by atoms with E-state index in [1.54, 1.807) is 24.3 Å². The lowest BCUT2D eigenvalue weighted by atomic mass is 10.1. The third kappa shape index (κ3) is 6.20. The van der Waals surface area contributed by atoms with Crippen molar-refractivity contribution in [1.29, 1.82) is 0 Å². The third-order valence-electron chi connectivity index (χ3n) is 3.87. The molecule has 2 amide bonds. The summed E-state index contributed by atoms with van der Waals surface area (Å²) in [7, 11) is 0. The molecule has 0 heterocycles. The monoisotopic (exact) mass is 352 g/mol. The number of amides is 2. The average Bonchev–Trinajstić information content (AvgIpc) is 3.35. The number of hydrogen-bond acceptors (Lipinski definition) is 3. The van der Waals surface area contributed by atoms with Gasteiger partial charge in [0.1, 0.15) is 6.04 Å². The molecule has 1 fully saturated rings. The third-order valence-corrected chi connectivity index (χ3v) is 4.12. The number of carboxylic acid groups (broad SMARTS) is 1. The number of carbonyl (C=O) groups is 3. The van der Waals surface area contributed by atoms with E-state index in [9.17, 15) is 14.4 Å². The molecule has 1 aliphatic rings. The SMILES string of the molecule is O=C(CCCNC(=O)c1ccc(Cl)cc1)NC(CC1CC1)C(=O)O. The molecule has 1 aliphatic carbocycles. The lowest BCUT2D eigenvalue weighted by Crippen LogP contribution is -2.41. The Balaban J connectivity index is 1.65. The fourth-order valence-electron chi connectivity index (χ4n) is 2.33. The van der Waals surface area contributed by atoms with Gasteiger partial charge < -0.3 is 15.7 Å². The minimum absolute atomic E-state index is 0.176. The van der Waals surface area contributed by atoms with Crippen LogP contribution in [0.2, 0.25) is 5.02 Å². The number of halogens is 1. The highest BCUT2D eigenvalue weighted by Crippen LogP contribution is 2.33. The molecular formula is C17H21ClN2O4. The largest absolute Gasteiger partial charge is 0.480 e. The van der Waals surface area contributed by atoms with Gasteiger partial charge >= 0.3 is 5.97 Å². The standard InChI is InChI=1S/C17H21ClN2O4/c18-13-7-5-12(6-8-13)16(22)19-9-1-2-15(21)20-14(17(23)24)10-11-3-4-11/h5-8,11,14H,1-4,9-10H2,(H,19,22)(H,20,21)(H,23,24). The van der Waals surface area contributed by atoms with Gasteiger partial charge in [0.15, 0.2) is 0 Å². The molecule has 0 saturated heterocycles. The number of benzene rings is 1. The molecule has 0 aromatic heterocycles. The van der Waals surface area contributed by atoms with Gasteiger partial charge in [-0.1, -0.05) is 24.4 Å². The smallest absolute Gasteiger partial charge is 0.326 e. The van der Waals surface area contributed by atoms with E-state index in [1.165, 1.54) is 0 Å². The number of hydrogen-bond donors (Lipinski definition) is 3. The highest BCUT2D eigenvalue weighted by molar-refractivity contribution is 6.30. The zero-order chi connectivity index (χ0) is 17.5. The summed E-state index contributed by atoms with van der Waals surface area (Å²) in [6.45, 7) is 0.343. The Morgan fingerprint density at radius 1 is 1.21 bits per heavy atom. The van der Waals surface area contributed by atoms with Crippen molar-refractivity contribution < 1.29 is 19.5 Å². The topological polar surface area (TPSA) is 95.5 Å². The predicted molar refractivity (Wildman–Crippen MR) is 89.9 cm³/mol. The summed E-state index contributed by atoms with van der Waals surface area (Å²) in [5.41, 5.74) is 0.499. The van der Waals surface area contributed by atoms with Crippen LogP contribution in [0, 0.1) is 5.92 Å². The van der Waals surface area contributed by atoms with Gasteiger partial charge in [0.25, 0.3) is 5.91 Å². The zero-order valence-electron chi connectivity index (χ0n) is 13.3. The summed E-state index contributed by atoms with van der Waals surface area (Å²) in [4.78, 5) is 34.8. The molecule has 1 aromatic rings. The fourth-order valence-corrected chi connectivity index (χ4v) is 2.46. The Kier molecular flexibility index (Phi) is 6.61. The van der Waals surface area contributed by atoms with Crippen molar-refractivity contribution in [2.24, 2.45) is 5.92 Å². The molecule has 130 valence electrons. The Morgan fingerprint density at radius 3 is 2.46 bits per heavy atom. The molecule has 0 aliphatic heterocycles. The van der Waals surface area contributed by atoms with Crippen molar-refractivity contribution >= 4 is 29.4 Å². The summed E-state index contributed by atoms with van der Waals surface area (Å²) in [5.74, 6) is -1.11. The van der Waals surface area contributed by atoms with E-state index < -0.39 is 12.0 Å². The van der Waals surface area contributed by atoms with Crippen molar-refractivity contribution in [2.45, 2.75) is 38.1 Å². The fraction of sp³-hybridized carbons (Fsp3) is 0.471. The first-order valence-corrected chi connectivity index (χ1v) is 8.39. The average molecular weight is 353 g/mol. The van der Waals surface area contributed by atoms with Crippen molar-refractivity contribution in [3.63, 3.8) is 0 Å². The molecule has 3 N–H and O–H groups in total. The van der Waals surface area contributed by atoms with Gasteiger partial charge in [-0.2, -0.15) is 0 Å². The maximum atomic E-state index is 11.9. The van der Waals surface area contributed by atoms with Crippen LogP contribution < -0.4 is 10.6 Å². The first-order valence-electron chi connectivity index (χ1n) is 8.01. The van der Waals surface area contributed by atoms with Crippen molar-refractivity contribution in [3.8, 4) is 0 Å². The van der Waals surface area contributed by atoms with E-state index in [0.29, 0.717) is 35.9 Å². The predicted octanol–water partition coefficient (Wildman–Crippen LogP) is 2.22. The van der Waals surface area contributed by atoms with Crippen molar-refractivity contribution in [3.05, 3.63) is 34.9 Å². The summed E-state index contributed by atoms with van der Waals surface area (Å²) in [5, 5.41) is 14.9. The van der Waals surface area contributed by atoms with E-state index in [1.807, 2.05) is 0 Å². The molecule has 2 rings (SSSR count). The Bertz CT molecular complexity index is 599. The molecule has 6 nitrogen and oxygen atoms in total. The van der Waals surface area contributed by atoms with Crippen LogP contribution in [0.1, 0.15) is 42.5 Å². The van der Waals surface area contributed by atoms with Gasteiger partial charge in [0, 0.05) is 23.6 Å². The van der Waals surface area contributed by atoms with E-state index in [0.717, 1.165) is 12.8 Å². The Labute approximate surface area is 145 Å². The van der Waals surface area contributed by atoms with Crippen LogP contribution in [-0.4, -0.2) is 35.5 Å². The summed E-state index contributed by atoms with van der Waals surface area (Å²) >= 11 is 5.76. The second kappa shape index (κ2) is 8.68. The van der Waals surface area contributed by atoms with E-state index in [2.05, 4.69) is 10.6 Å². The molecule has 1 unspecified atom stereocenters.